The standard InChI is InChI=1S/C23H23BrN2O4/c1-4-10-30-22-20(24)12-17(13-21(22)29-5-2)11-18(14-25)23(27)26-15-16-6-8-19(28-3)9-7-16/h4,6-9,11-13H,1,5,10,15H2,2-3H3,(H,26,27)/b18-11-. The Morgan fingerprint density at radius 2 is 2.00 bits per heavy atom. The lowest BCUT2D eigenvalue weighted by Crippen LogP contribution is -2.23. The Labute approximate surface area is 184 Å². The van der Waals surface area contributed by atoms with Gasteiger partial charge in [0.2, 0.25) is 0 Å². The van der Waals surface area contributed by atoms with E-state index < -0.39 is 5.91 Å². The maximum absolute atomic E-state index is 12.5. The maximum Gasteiger partial charge on any atom is 0.262 e. The highest BCUT2D eigenvalue weighted by atomic mass is 79.9. The Bertz CT molecular complexity index is 962. The number of rotatable bonds is 10. The third-order valence-electron chi connectivity index (χ3n) is 3.97. The molecule has 0 saturated heterocycles. The van der Waals surface area contributed by atoms with Crippen LogP contribution in [0.25, 0.3) is 6.08 Å². The minimum absolute atomic E-state index is 0.0161. The third-order valence-corrected chi connectivity index (χ3v) is 4.55. The molecule has 0 aromatic heterocycles. The van der Waals surface area contributed by atoms with Crippen molar-refractivity contribution in [2.45, 2.75) is 13.5 Å². The van der Waals surface area contributed by atoms with Gasteiger partial charge >= 0.3 is 0 Å². The van der Waals surface area contributed by atoms with Gasteiger partial charge < -0.3 is 19.5 Å². The van der Waals surface area contributed by atoms with E-state index in [2.05, 4.69) is 27.8 Å². The Hall–Kier alpha value is -3.24. The van der Waals surface area contributed by atoms with Gasteiger partial charge in [0.25, 0.3) is 5.91 Å². The highest BCUT2D eigenvalue weighted by Gasteiger charge is 2.14. The molecule has 1 amide bonds. The lowest BCUT2D eigenvalue weighted by Gasteiger charge is -2.14. The van der Waals surface area contributed by atoms with E-state index in [0.717, 1.165) is 11.3 Å². The summed E-state index contributed by atoms with van der Waals surface area (Å²) < 4.78 is 17.1. The number of hydrogen-bond acceptors (Lipinski definition) is 5. The molecule has 7 heteroatoms. The largest absolute Gasteiger partial charge is 0.497 e. The number of nitrogens with zero attached hydrogens (tertiary/aromatic N) is 1. The number of carbonyl (C=O) groups excluding carboxylic acids is 1. The molecule has 0 atom stereocenters. The number of nitrogens with one attached hydrogen (secondary N) is 1. The molecule has 2 aromatic carbocycles. The van der Waals surface area contributed by atoms with Gasteiger partial charge in [0.15, 0.2) is 11.5 Å². The summed E-state index contributed by atoms with van der Waals surface area (Å²) >= 11 is 3.46. The van der Waals surface area contributed by atoms with Gasteiger partial charge in [-0.3, -0.25) is 4.79 Å². The van der Waals surface area contributed by atoms with Crippen LogP contribution in [0.5, 0.6) is 17.2 Å². The van der Waals surface area contributed by atoms with Gasteiger partial charge in [-0.2, -0.15) is 5.26 Å². The molecule has 0 heterocycles. The number of amides is 1. The van der Waals surface area contributed by atoms with Crippen LogP contribution in [-0.2, 0) is 11.3 Å². The van der Waals surface area contributed by atoms with Crippen molar-refractivity contribution in [3.8, 4) is 23.3 Å². The molecule has 6 nitrogen and oxygen atoms in total. The van der Waals surface area contributed by atoms with Crippen molar-refractivity contribution < 1.29 is 19.0 Å². The van der Waals surface area contributed by atoms with Gasteiger partial charge in [-0.1, -0.05) is 24.8 Å². The van der Waals surface area contributed by atoms with Gasteiger partial charge in [0, 0.05) is 6.54 Å². The smallest absolute Gasteiger partial charge is 0.262 e. The summed E-state index contributed by atoms with van der Waals surface area (Å²) in [6, 6.07) is 12.8. The number of methoxy groups -OCH3 is 1. The lowest BCUT2D eigenvalue weighted by atomic mass is 10.1. The summed E-state index contributed by atoms with van der Waals surface area (Å²) in [7, 11) is 1.59. The van der Waals surface area contributed by atoms with Crippen LogP contribution in [0.1, 0.15) is 18.1 Å². The number of ether oxygens (including phenoxy) is 3. The maximum atomic E-state index is 12.5. The quantitative estimate of drug-likeness (QED) is 0.310. The van der Waals surface area contributed by atoms with Crippen LogP contribution < -0.4 is 19.5 Å². The third kappa shape index (κ3) is 6.39. The molecule has 30 heavy (non-hydrogen) atoms. The number of carbonyl (C=O) groups is 1. The monoisotopic (exact) mass is 470 g/mol. The highest BCUT2D eigenvalue weighted by Crippen LogP contribution is 2.37. The summed E-state index contributed by atoms with van der Waals surface area (Å²) in [6.07, 6.45) is 3.14. The normalized spacial score (nSPS) is 10.7. The van der Waals surface area contributed by atoms with E-state index >= 15 is 0 Å². The summed E-state index contributed by atoms with van der Waals surface area (Å²) in [5.74, 6) is 1.32. The molecular formula is C23H23BrN2O4. The Morgan fingerprint density at radius 1 is 1.27 bits per heavy atom. The Morgan fingerprint density at radius 3 is 2.60 bits per heavy atom. The molecule has 0 saturated carbocycles. The summed E-state index contributed by atoms with van der Waals surface area (Å²) in [5, 5.41) is 12.2. The highest BCUT2D eigenvalue weighted by molar-refractivity contribution is 9.10. The molecule has 0 spiro atoms. The van der Waals surface area contributed by atoms with Crippen molar-refractivity contribution >= 4 is 27.9 Å². The number of halogens is 1. The first-order valence-electron chi connectivity index (χ1n) is 9.25. The molecule has 0 bridgehead atoms. The second-order valence-electron chi connectivity index (χ2n) is 6.06. The van der Waals surface area contributed by atoms with E-state index in [1.165, 1.54) is 6.08 Å². The number of nitriles is 1. The van der Waals surface area contributed by atoms with Crippen molar-refractivity contribution in [2.75, 3.05) is 20.3 Å². The minimum atomic E-state index is -0.464. The van der Waals surface area contributed by atoms with Gasteiger partial charge in [-0.05, 0) is 64.3 Å². The predicted octanol–water partition coefficient (Wildman–Crippen LogP) is 4.64. The second kappa shape index (κ2) is 11.7. The van der Waals surface area contributed by atoms with E-state index in [1.807, 2.05) is 37.3 Å². The molecule has 2 aromatic rings. The first-order valence-corrected chi connectivity index (χ1v) is 10.0. The van der Waals surface area contributed by atoms with Crippen molar-refractivity contribution in [1.82, 2.24) is 5.32 Å². The average molecular weight is 471 g/mol. The van der Waals surface area contributed by atoms with Crippen LogP contribution in [0.15, 0.2) is 59.1 Å². The van der Waals surface area contributed by atoms with Crippen molar-refractivity contribution in [2.24, 2.45) is 0 Å². The van der Waals surface area contributed by atoms with Crippen molar-refractivity contribution in [3.63, 3.8) is 0 Å². The fraction of sp³-hybridized carbons (Fsp3) is 0.217. The molecule has 0 unspecified atom stereocenters. The molecular weight excluding hydrogens is 448 g/mol. The van der Waals surface area contributed by atoms with Crippen LogP contribution in [0, 0.1) is 11.3 Å². The van der Waals surface area contributed by atoms with Gasteiger partial charge in [0.05, 0.1) is 18.2 Å². The SMILES string of the molecule is C=CCOc1c(Br)cc(/C=C(/C#N)C(=O)NCc2ccc(OC)cc2)cc1OCC. The zero-order valence-electron chi connectivity index (χ0n) is 16.9. The molecule has 156 valence electrons. The number of benzene rings is 2. The van der Waals surface area contributed by atoms with Crippen LogP contribution in [0.4, 0.5) is 0 Å². The summed E-state index contributed by atoms with van der Waals surface area (Å²) in [4.78, 5) is 12.5. The zero-order chi connectivity index (χ0) is 21.9. The molecule has 0 aliphatic carbocycles. The zero-order valence-corrected chi connectivity index (χ0v) is 18.5. The van der Waals surface area contributed by atoms with Gasteiger partial charge in [0.1, 0.15) is 24.0 Å². The average Bonchev–Trinajstić information content (AvgIpc) is 2.75. The fourth-order valence-corrected chi connectivity index (χ4v) is 3.13. The molecule has 1 N–H and O–H groups in total. The van der Waals surface area contributed by atoms with E-state index in [0.29, 0.717) is 41.3 Å². The molecule has 2 rings (SSSR count). The van der Waals surface area contributed by atoms with E-state index in [9.17, 15) is 10.1 Å². The minimum Gasteiger partial charge on any atom is -0.497 e. The molecule has 0 aliphatic heterocycles. The predicted molar refractivity (Wildman–Crippen MR) is 119 cm³/mol. The van der Waals surface area contributed by atoms with E-state index in [1.54, 1.807) is 25.3 Å². The first kappa shape index (κ1) is 23.0. The van der Waals surface area contributed by atoms with E-state index in [-0.39, 0.29) is 5.57 Å². The fourth-order valence-electron chi connectivity index (χ4n) is 2.55. The second-order valence-corrected chi connectivity index (χ2v) is 6.92. The van der Waals surface area contributed by atoms with Crippen LogP contribution in [0.2, 0.25) is 0 Å². The van der Waals surface area contributed by atoms with Crippen LogP contribution >= 0.6 is 15.9 Å². The van der Waals surface area contributed by atoms with Crippen molar-refractivity contribution in [3.05, 3.63) is 70.2 Å². The molecule has 0 aliphatic rings. The first-order chi connectivity index (χ1) is 14.5. The molecule has 0 fully saturated rings. The summed E-state index contributed by atoms with van der Waals surface area (Å²) in [5.41, 5.74) is 1.51. The Balaban J connectivity index is 2.19. The van der Waals surface area contributed by atoms with Crippen LogP contribution in [-0.4, -0.2) is 26.2 Å². The van der Waals surface area contributed by atoms with E-state index in [4.69, 9.17) is 14.2 Å². The molecule has 0 radical (unpaired) electrons. The topological polar surface area (TPSA) is 80.6 Å². The lowest BCUT2D eigenvalue weighted by molar-refractivity contribution is -0.117. The van der Waals surface area contributed by atoms with Crippen molar-refractivity contribution in [1.29, 1.82) is 5.26 Å². The van der Waals surface area contributed by atoms with Crippen LogP contribution in [0.3, 0.4) is 0 Å². The Kier molecular flexibility index (Phi) is 8.98. The van der Waals surface area contributed by atoms with Gasteiger partial charge in [-0.25, -0.2) is 0 Å². The van der Waals surface area contributed by atoms with Gasteiger partial charge in [-0.15, -0.1) is 0 Å². The number of hydrogen-bond donors (Lipinski definition) is 1. The summed E-state index contributed by atoms with van der Waals surface area (Å²) in [6.45, 7) is 6.56.